The SMILES string of the molecule is CCOc1cc2c(cc1OC)C(c1ccc(C(=O)NCCOC)cc1)=N[C@@H]1CCN(C)C[C@H]21.Cl. The molecule has 1 saturated heterocycles. The molecule has 34 heavy (non-hydrogen) atoms. The van der Waals surface area contributed by atoms with Crippen LogP contribution >= 0.6 is 12.4 Å². The first-order valence-electron chi connectivity index (χ1n) is 11.5. The first-order chi connectivity index (χ1) is 16.0. The number of ether oxygens (including phenoxy) is 3. The van der Waals surface area contributed by atoms with Crippen LogP contribution in [0.3, 0.4) is 0 Å². The molecule has 4 rings (SSSR count). The lowest BCUT2D eigenvalue weighted by Crippen LogP contribution is -2.41. The zero-order valence-electron chi connectivity index (χ0n) is 20.3. The van der Waals surface area contributed by atoms with E-state index in [-0.39, 0.29) is 24.4 Å². The van der Waals surface area contributed by atoms with Gasteiger partial charge in [0.05, 0.1) is 32.1 Å². The van der Waals surface area contributed by atoms with Gasteiger partial charge >= 0.3 is 0 Å². The van der Waals surface area contributed by atoms with Crippen LogP contribution in [0.25, 0.3) is 0 Å². The Hall–Kier alpha value is -2.61. The molecule has 0 spiro atoms. The summed E-state index contributed by atoms with van der Waals surface area (Å²) in [6.45, 7) is 5.53. The lowest BCUT2D eigenvalue weighted by Gasteiger charge is -2.39. The summed E-state index contributed by atoms with van der Waals surface area (Å²) in [4.78, 5) is 20.0. The third-order valence-corrected chi connectivity index (χ3v) is 6.38. The number of amides is 1. The number of likely N-dealkylation sites (tertiary alicyclic amines) is 1. The van der Waals surface area contributed by atoms with Gasteiger partial charge in [-0.3, -0.25) is 9.79 Å². The number of carbonyl (C=O) groups excluding carboxylic acids is 1. The van der Waals surface area contributed by atoms with E-state index < -0.39 is 0 Å². The number of carbonyl (C=O) groups is 1. The number of methoxy groups -OCH3 is 2. The standard InChI is InChI=1S/C26H33N3O4.ClH/c1-5-33-24-14-19-20(15-23(24)32-4)25(28-22-10-12-29(2)16-21(19)22)17-6-8-18(9-7-17)26(30)27-11-13-31-3;/h6-9,14-15,21-22H,5,10-13,16H2,1-4H3,(H,27,30);1H/t21-,22-;/m1./s1. The van der Waals surface area contributed by atoms with Gasteiger partial charge in [0, 0.05) is 42.8 Å². The molecule has 2 aromatic rings. The molecule has 0 aromatic heterocycles. The van der Waals surface area contributed by atoms with Gasteiger partial charge in [0.1, 0.15) is 0 Å². The lowest BCUT2D eigenvalue weighted by molar-refractivity contribution is 0.0937. The normalized spacial score (nSPS) is 19.2. The van der Waals surface area contributed by atoms with Crippen LogP contribution in [0.4, 0.5) is 0 Å². The van der Waals surface area contributed by atoms with E-state index in [0.717, 1.165) is 42.1 Å². The second-order valence-electron chi connectivity index (χ2n) is 8.55. The predicted molar refractivity (Wildman–Crippen MR) is 136 cm³/mol. The third kappa shape index (κ3) is 5.37. The Balaban J connectivity index is 0.00000324. The maximum absolute atomic E-state index is 12.4. The summed E-state index contributed by atoms with van der Waals surface area (Å²) >= 11 is 0. The molecule has 0 unspecified atom stereocenters. The number of hydrogen-bond acceptors (Lipinski definition) is 6. The highest BCUT2D eigenvalue weighted by atomic mass is 35.5. The van der Waals surface area contributed by atoms with Gasteiger partial charge in [-0.2, -0.15) is 0 Å². The van der Waals surface area contributed by atoms with Crippen LogP contribution in [-0.4, -0.2) is 76.7 Å². The number of nitrogens with one attached hydrogen (secondary N) is 1. The van der Waals surface area contributed by atoms with Gasteiger partial charge in [0.15, 0.2) is 11.5 Å². The lowest BCUT2D eigenvalue weighted by atomic mass is 9.79. The van der Waals surface area contributed by atoms with Crippen molar-refractivity contribution in [2.75, 3.05) is 54.1 Å². The highest BCUT2D eigenvalue weighted by Gasteiger charge is 2.36. The minimum atomic E-state index is -0.108. The fraction of sp³-hybridized carbons (Fsp3) is 0.462. The van der Waals surface area contributed by atoms with E-state index in [1.54, 1.807) is 14.2 Å². The Labute approximate surface area is 207 Å². The number of piperidine rings is 1. The van der Waals surface area contributed by atoms with Gasteiger partial charge < -0.3 is 24.4 Å². The molecule has 0 bridgehead atoms. The summed E-state index contributed by atoms with van der Waals surface area (Å²) in [6, 6.07) is 12.1. The minimum Gasteiger partial charge on any atom is -0.493 e. The first kappa shape index (κ1) is 26.0. The second-order valence-corrected chi connectivity index (χ2v) is 8.55. The van der Waals surface area contributed by atoms with E-state index in [0.29, 0.717) is 37.0 Å². The third-order valence-electron chi connectivity index (χ3n) is 6.38. The van der Waals surface area contributed by atoms with Crippen LogP contribution in [-0.2, 0) is 4.74 Å². The van der Waals surface area contributed by atoms with Crippen LogP contribution in [0.1, 0.15) is 46.3 Å². The molecule has 0 radical (unpaired) electrons. The fourth-order valence-corrected chi connectivity index (χ4v) is 4.69. The number of halogens is 1. The Kier molecular flexibility index (Phi) is 8.94. The van der Waals surface area contributed by atoms with Crippen molar-refractivity contribution < 1.29 is 19.0 Å². The van der Waals surface area contributed by atoms with Crippen molar-refractivity contribution in [3.8, 4) is 11.5 Å². The summed E-state index contributed by atoms with van der Waals surface area (Å²) in [5.74, 6) is 1.69. The molecular formula is C26H34ClN3O4. The molecule has 2 aromatic carbocycles. The number of nitrogens with zero attached hydrogens (tertiary/aromatic N) is 2. The molecule has 2 aliphatic heterocycles. The van der Waals surface area contributed by atoms with Gasteiger partial charge in [-0.05, 0) is 56.8 Å². The van der Waals surface area contributed by atoms with Crippen molar-refractivity contribution in [2.45, 2.75) is 25.3 Å². The number of rotatable bonds is 8. The first-order valence-corrected chi connectivity index (χ1v) is 11.5. The Bertz CT molecular complexity index is 1030. The molecule has 2 atom stereocenters. The number of hydrogen-bond donors (Lipinski definition) is 1. The summed E-state index contributed by atoms with van der Waals surface area (Å²) in [7, 11) is 5.45. The van der Waals surface area contributed by atoms with Gasteiger partial charge in [0.2, 0.25) is 0 Å². The van der Waals surface area contributed by atoms with Gasteiger partial charge in [-0.15, -0.1) is 12.4 Å². The molecule has 2 heterocycles. The molecule has 2 aliphatic rings. The van der Waals surface area contributed by atoms with Crippen molar-refractivity contribution in [3.63, 3.8) is 0 Å². The monoisotopic (exact) mass is 487 g/mol. The number of fused-ring (bicyclic) bond motifs is 3. The molecule has 1 N–H and O–H groups in total. The highest BCUT2D eigenvalue weighted by Crippen LogP contribution is 2.42. The Morgan fingerprint density at radius 2 is 1.94 bits per heavy atom. The predicted octanol–water partition coefficient (Wildman–Crippen LogP) is 3.53. The Morgan fingerprint density at radius 3 is 2.62 bits per heavy atom. The maximum atomic E-state index is 12.4. The number of benzene rings is 2. The van der Waals surface area contributed by atoms with Crippen molar-refractivity contribution in [1.29, 1.82) is 0 Å². The summed E-state index contributed by atoms with van der Waals surface area (Å²) in [5, 5.41) is 2.86. The molecule has 1 fully saturated rings. The van der Waals surface area contributed by atoms with Crippen LogP contribution in [0, 0.1) is 0 Å². The zero-order valence-corrected chi connectivity index (χ0v) is 21.1. The second kappa shape index (κ2) is 11.7. The van der Waals surface area contributed by atoms with E-state index in [9.17, 15) is 4.79 Å². The van der Waals surface area contributed by atoms with E-state index in [4.69, 9.17) is 19.2 Å². The number of likely N-dealkylation sites (N-methyl/N-ethyl adjacent to an activating group) is 1. The molecule has 0 saturated carbocycles. The summed E-state index contributed by atoms with van der Waals surface area (Å²) in [5.41, 5.74) is 4.89. The number of aliphatic imine (C=N–C) groups is 1. The minimum absolute atomic E-state index is 0. The van der Waals surface area contributed by atoms with Crippen molar-refractivity contribution >= 4 is 24.0 Å². The molecule has 7 nitrogen and oxygen atoms in total. The van der Waals surface area contributed by atoms with Crippen molar-refractivity contribution in [3.05, 3.63) is 58.7 Å². The zero-order chi connectivity index (χ0) is 23.4. The van der Waals surface area contributed by atoms with Gasteiger partial charge in [-0.25, -0.2) is 0 Å². The molecule has 8 heteroatoms. The highest BCUT2D eigenvalue weighted by molar-refractivity contribution is 6.15. The topological polar surface area (TPSA) is 72.4 Å². The summed E-state index contributed by atoms with van der Waals surface area (Å²) in [6.07, 6.45) is 1.01. The van der Waals surface area contributed by atoms with E-state index >= 15 is 0 Å². The van der Waals surface area contributed by atoms with Gasteiger partial charge in [-0.1, -0.05) is 12.1 Å². The largest absolute Gasteiger partial charge is 0.493 e. The fourth-order valence-electron chi connectivity index (χ4n) is 4.69. The van der Waals surface area contributed by atoms with Crippen LogP contribution in [0.5, 0.6) is 11.5 Å². The van der Waals surface area contributed by atoms with E-state index in [2.05, 4.69) is 29.4 Å². The van der Waals surface area contributed by atoms with Crippen LogP contribution in [0.15, 0.2) is 41.4 Å². The van der Waals surface area contributed by atoms with Crippen molar-refractivity contribution in [2.24, 2.45) is 4.99 Å². The smallest absolute Gasteiger partial charge is 0.251 e. The van der Waals surface area contributed by atoms with E-state index in [1.165, 1.54) is 5.56 Å². The quantitative estimate of drug-likeness (QED) is 0.577. The average Bonchev–Trinajstić information content (AvgIpc) is 2.83. The van der Waals surface area contributed by atoms with E-state index in [1.807, 2.05) is 31.2 Å². The Morgan fingerprint density at radius 1 is 1.18 bits per heavy atom. The maximum Gasteiger partial charge on any atom is 0.251 e. The van der Waals surface area contributed by atoms with Crippen molar-refractivity contribution in [1.82, 2.24) is 10.2 Å². The van der Waals surface area contributed by atoms with Gasteiger partial charge in [0.25, 0.3) is 5.91 Å². The summed E-state index contributed by atoms with van der Waals surface area (Å²) < 4.78 is 16.5. The average molecular weight is 488 g/mol. The van der Waals surface area contributed by atoms with Crippen LogP contribution in [0.2, 0.25) is 0 Å². The molecule has 0 aliphatic carbocycles. The molecule has 184 valence electrons. The molecular weight excluding hydrogens is 454 g/mol. The molecule has 1 amide bonds. The van der Waals surface area contributed by atoms with Crippen LogP contribution < -0.4 is 14.8 Å².